The molecule has 152 valence electrons. The third-order valence-corrected chi connectivity index (χ3v) is 5.84. The molecule has 5 nitrogen and oxygen atoms in total. The molecule has 0 saturated carbocycles. The Morgan fingerprint density at radius 1 is 1.21 bits per heavy atom. The van der Waals surface area contributed by atoms with Gasteiger partial charge in [-0.2, -0.15) is 0 Å². The second kappa shape index (κ2) is 9.09. The van der Waals surface area contributed by atoms with E-state index in [0.29, 0.717) is 16.3 Å². The molecule has 7 heteroatoms. The van der Waals surface area contributed by atoms with E-state index >= 15 is 0 Å². The maximum atomic E-state index is 12.5. The highest BCUT2D eigenvalue weighted by molar-refractivity contribution is 9.10. The SMILES string of the molecule is CCOC(=O)c1c(NC(=O)COc2ccc(Br)cc2C(C)(C)C)sc(C)c1C. The molecule has 2 aromatic rings. The van der Waals surface area contributed by atoms with Crippen molar-refractivity contribution in [3.63, 3.8) is 0 Å². The van der Waals surface area contributed by atoms with Crippen molar-refractivity contribution in [2.75, 3.05) is 18.5 Å². The van der Waals surface area contributed by atoms with Crippen molar-refractivity contribution in [2.24, 2.45) is 0 Å². The second-order valence-corrected chi connectivity index (χ2v) is 9.58. The first-order valence-electron chi connectivity index (χ1n) is 9.04. The molecule has 28 heavy (non-hydrogen) atoms. The fourth-order valence-corrected chi connectivity index (χ4v) is 4.11. The van der Waals surface area contributed by atoms with Crippen LogP contribution in [0.4, 0.5) is 5.00 Å². The number of halogens is 1. The summed E-state index contributed by atoms with van der Waals surface area (Å²) in [5, 5.41) is 3.29. The van der Waals surface area contributed by atoms with Gasteiger partial charge in [0.2, 0.25) is 0 Å². The van der Waals surface area contributed by atoms with E-state index in [1.807, 2.05) is 32.0 Å². The molecular formula is C21H26BrNO4S. The number of benzene rings is 1. The van der Waals surface area contributed by atoms with E-state index < -0.39 is 5.97 Å². The summed E-state index contributed by atoms with van der Waals surface area (Å²) < 4.78 is 11.9. The number of aryl methyl sites for hydroxylation is 1. The quantitative estimate of drug-likeness (QED) is 0.559. The van der Waals surface area contributed by atoms with Gasteiger partial charge in [0.15, 0.2) is 6.61 Å². The highest BCUT2D eigenvalue weighted by atomic mass is 79.9. The van der Waals surface area contributed by atoms with E-state index in [-0.39, 0.29) is 24.5 Å². The summed E-state index contributed by atoms with van der Waals surface area (Å²) in [4.78, 5) is 25.7. The Hall–Kier alpha value is -1.86. The van der Waals surface area contributed by atoms with E-state index in [4.69, 9.17) is 9.47 Å². The number of hydrogen-bond donors (Lipinski definition) is 1. The van der Waals surface area contributed by atoms with Crippen LogP contribution in [0.3, 0.4) is 0 Å². The molecule has 0 aliphatic rings. The van der Waals surface area contributed by atoms with Crippen LogP contribution < -0.4 is 10.1 Å². The molecule has 1 aromatic heterocycles. The lowest BCUT2D eigenvalue weighted by molar-refractivity contribution is -0.118. The standard InChI is InChI=1S/C21H26BrNO4S/c1-7-26-20(25)18-12(2)13(3)28-19(18)23-17(24)11-27-16-9-8-14(22)10-15(16)21(4,5)6/h8-10H,7,11H2,1-6H3,(H,23,24). The Labute approximate surface area is 178 Å². The van der Waals surface area contributed by atoms with Crippen LogP contribution in [0.15, 0.2) is 22.7 Å². The number of carbonyl (C=O) groups is 2. The van der Waals surface area contributed by atoms with Crippen LogP contribution in [-0.2, 0) is 14.9 Å². The number of rotatable bonds is 6. The van der Waals surface area contributed by atoms with Gasteiger partial charge in [0.05, 0.1) is 12.2 Å². The van der Waals surface area contributed by atoms with E-state index in [2.05, 4.69) is 42.0 Å². The van der Waals surface area contributed by atoms with Crippen LogP contribution in [0.1, 0.15) is 54.1 Å². The number of anilines is 1. The van der Waals surface area contributed by atoms with Crippen LogP contribution >= 0.6 is 27.3 Å². The Kier molecular flexibility index (Phi) is 7.28. The topological polar surface area (TPSA) is 64.6 Å². The number of nitrogens with one attached hydrogen (secondary N) is 1. The van der Waals surface area contributed by atoms with Gasteiger partial charge in [-0.15, -0.1) is 11.3 Å². The molecule has 2 rings (SSSR count). The molecule has 1 amide bonds. The lowest BCUT2D eigenvalue weighted by Crippen LogP contribution is -2.22. The van der Waals surface area contributed by atoms with Crippen LogP contribution in [0, 0.1) is 13.8 Å². The van der Waals surface area contributed by atoms with E-state index in [1.165, 1.54) is 11.3 Å². The summed E-state index contributed by atoms with van der Waals surface area (Å²) in [5.74, 6) is -0.0897. The van der Waals surface area contributed by atoms with Crippen LogP contribution in [-0.4, -0.2) is 25.1 Å². The van der Waals surface area contributed by atoms with Crippen LogP contribution in [0.2, 0.25) is 0 Å². The van der Waals surface area contributed by atoms with Gasteiger partial charge in [0, 0.05) is 14.9 Å². The zero-order valence-electron chi connectivity index (χ0n) is 17.1. The molecule has 0 aliphatic heterocycles. The van der Waals surface area contributed by atoms with Crippen molar-refractivity contribution in [3.8, 4) is 5.75 Å². The zero-order valence-corrected chi connectivity index (χ0v) is 19.5. The largest absolute Gasteiger partial charge is 0.483 e. The number of thiophene rings is 1. The molecule has 0 saturated heterocycles. The fourth-order valence-electron chi connectivity index (χ4n) is 2.68. The molecule has 0 fully saturated rings. The van der Waals surface area contributed by atoms with Gasteiger partial charge in [-0.05, 0) is 49.9 Å². The van der Waals surface area contributed by atoms with Gasteiger partial charge < -0.3 is 14.8 Å². The van der Waals surface area contributed by atoms with E-state index in [9.17, 15) is 9.59 Å². The summed E-state index contributed by atoms with van der Waals surface area (Å²) in [7, 11) is 0. The normalized spacial score (nSPS) is 11.2. The number of amides is 1. The maximum Gasteiger partial charge on any atom is 0.341 e. The van der Waals surface area contributed by atoms with E-state index in [0.717, 1.165) is 20.5 Å². The second-order valence-electron chi connectivity index (χ2n) is 7.44. The molecule has 1 aromatic carbocycles. The molecule has 0 spiro atoms. The number of hydrogen-bond acceptors (Lipinski definition) is 5. The summed E-state index contributed by atoms with van der Waals surface area (Å²) in [6.07, 6.45) is 0. The molecule has 0 atom stereocenters. The fraction of sp³-hybridized carbons (Fsp3) is 0.429. The number of ether oxygens (including phenoxy) is 2. The molecule has 0 unspecified atom stereocenters. The predicted octanol–water partition coefficient (Wildman–Crippen LogP) is 5.62. The minimum atomic E-state index is -0.427. The molecule has 0 radical (unpaired) electrons. The molecule has 1 N–H and O–H groups in total. The first-order chi connectivity index (χ1) is 13.0. The van der Waals surface area contributed by atoms with Gasteiger partial charge >= 0.3 is 5.97 Å². The Bertz CT molecular complexity index is 883. The maximum absolute atomic E-state index is 12.5. The van der Waals surface area contributed by atoms with E-state index in [1.54, 1.807) is 6.92 Å². The Morgan fingerprint density at radius 3 is 2.50 bits per heavy atom. The summed E-state index contributed by atoms with van der Waals surface area (Å²) >= 11 is 4.84. The average Bonchev–Trinajstić information content (AvgIpc) is 2.87. The highest BCUT2D eigenvalue weighted by Crippen LogP contribution is 2.35. The Morgan fingerprint density at radius 2 is 1.89 bits per heavy atom. The van der Waals surface area contributed by atoms with Crippen LogP contribution in [0.25, 0.3) is 0 Å². The number of carbonyl (C=O) groups excluding carboxylic acids is 2. The average molecular weight is 468 g/mol. The monoisotopic (exact) mass is 467 g/mol. The zero-order chi connectivity index (χ0) is 21.1. The lowest BCUT2D eigenvalue weighted by Gasteiger charge is -2.23. The third-order valence-electron chi connectivity index (χ3n) is 4.23. The first-order valence-corrected chi connectivity index (χ1v) is 10.6. The minimum absolute atomic E-state index is 0.130. The van der Waals surface area contributed by atoms with Gasteiger partial charge in [0.1, 0.15) is 10.8 Å². The van der Waals surface area contributed by atoms with Crippen molar-refractivity contribution in [1.29, 1.82) is 0 Å². The van der Waals surface area contributed by atoms with Crippen molar-refractivity contribution < 1.29 is 19.1 Å². The van der Waals surface area contributed by atoms with Gasteiger partial charge in [-0.25, -0.2) is 4.79 Å². The van der Waals surface area contributed by atoms with Crippen LogP contribution in [0.5, 0.6) is 5.75 Å². The summed E-state index contributed by atoms with van der Waals surface area (Å²) in [5.41, 5.74) is 2.11. The van der Waals surface area contributed by atoms with Gasteiger partial charge in [0.25, 0.3) is 5.91 Å². The lowest BCUT2D eigenvalue weighted by atomic mass is 9.86. The van der Waals surface area contributed by atoms with Crippen molar-refractivity contribution in [1.82, 2.24) is 0 Å². The van der Waals surface area contributed by atoms with Crippen molar-refractivity contribution in [3.05, 3.63) is 44.2 Å². The smallest absolute Gasteiger partial charge is 0.341 e. The van der Waals surface area contributed by atoms with Gasteiger partial charge in [-0.3, -0.25) is 4.79 Å². The predicted molar refractivity (Wildman–Crippen MR) is 117 cm³/mol. The van der Waals surface area contributed by atoms with Crippen molar-refractivity contribution >= 4 is 44.1 Å². The number of esters is 1. The summed E-state index contributed by atoms with van der Waals surface area (Å²) in [6, 6.07) is 5.73. The molecule has 0 bridgehead atoms. The Balaban J connectivity index is 2.15. The molecule has 0 aliphatic carbocycles. The first kappa shape index (κ1) is 22.4. The summed E-state index contributed by atoms with van der Waals surface area (Å²) in [6.45, 7) is 11.9. The molecular weight excluding hydrogens is 442 g/mol. The van der Waals surface area contributed by atoms with Crippen molar-refractivity contribution in [2.45, 2.75) is 47.0 Å². The molecule has 1 heterocycles. The van der Waals surface area contributed by atoms with Gasteiger partial charge in [-0.1, -0.05) is 36.7 Å². The minimum Gasteiger partial charge on any atom is -0.483 e. The third kappa shape index (κ3) is 5.35. The highest BCUT2D eigenvalue weighted by Gasteiger charge is 2.23.